The average molecular weight is 262 g/mol. The maximum Gasteiger partial charge on any atom is 0.230 e. The second-order valence-corrected chi connectivity index (χ2v) is 4.35. The smallest absolute Gasteiger partial charge is 0.230 e. The van der Waals surface area contributed by atoms with Crippen molar-refractivity contribution in [3.8, 4) is 34.1 Å². The zero-order chi connectivity index (χ0) is 12.7. The van der Waals surface area contributed by atoms with Crippen molar-refractivity contribution in [1.82, 2.24) is 0 Å². The molecule has 18 heavy (non-hydrogen) atoms. The maximum atomic E-state index is 10.1. The minimum Gasteiger partial charge on any atom is -0.507 e. The highest BCUT2D eigenvalue weighted by Crippen LogP contribution is 2.49. The Morgan fingerprint density at radius 3 is 2.44 bits per heavy atom. The average Bonchev–Trinajstić information content (AvgIpc) is 2.54. The number of hydrogen-bond acceptors (Lipinski definition) is 5. The van der Waals surface area contributed by atoms with Gasteiger partial charge in [-0.05, 0) is 24.3 Å². The summed E-state index contributed by atoms with van der Waals surface area (Å²) in [5, 5.41) is 20.1. The van der Waals surface area contributed by atoms with Gasteiger partial charge in [-0.2, -0.15) is 0 Å². The Morgan fingerprint density at radius 2 is 1.67 bits per heavy atom. The molecule has 2 aromatic carbocycles. The van der Waals surface area contributed by atoms with E-state index in [1.165, 1.54) is 6.07 Å². The minimum atomic E-state index is -0.0379. The highest BCUT2D eigenvalue weighted by atomic mass is 32.1. The Hall–Kier alpha value is -2.01. The Labute approximate surface area is 109 Å². The van der Waals surface area contributed by atoms with Gasteiger partial charge >= 0.3 is 0 Å². The molecule has 0 saturated carbocycles. The second kappa shape index (κ2) is 4.03. The van der Waals surface area contributed by atoms with Gasteiger partial charge < -0.3 is 19.7 Å². The molecule has 0 aromatic heterocycles. The van der Waals surface area contributed by atoms with E-state index in [2.05, 4.69) is 12.6 Å². The van der Waals surface area contributed by atoms with Crippen molar-refractivity contribution >= 4 is 12.6 Å². The summed E-state index contributed by atoms with van der Waals surface area (Å²) in [7, 11) is 0. The number of fused-ring (bicyclic) bond motifs is 3. The van der Waals surface area contributed by atoms with Gasteiger partial charge in [0.25, 0.3) is 0 Å². The highest BCUT2D eigenvalue weighted by Gasteiger charge is 2.24. The van der Waals surface area contributed by atoms with Gasteiger partial charge in [-0.3, -0.25) is 0 Å². The lowest BCUT2D eigenvalue weighted by Gasteiger charge is -2.11. The van der Waals surface area contributed by atoms with Crippen molar-refractivity contribution < 1.29 is 19.7 Å². The lowest BCUT2D eigenvalue weighted by atomic mass is 10.0. The zero-order valence-electron chi connectivity index (χ0n) is 9.25. The highest BCUT2D eigenvalue weighted by molar-refractivity contribution is 7.80. The third-order valence-corrected chi connectivity index (χ3v) is 3.16. The molecule has 5 heteroatoms. The largest absolute Gasteiger partial charge is 0.507 e. The molecule has 0 spiro atoms. The first-order valence-electron chi connectivity index (χ1n) is 5.31. The first-order chi connectivity index (χ1) is 8.68. The molecule has 2 N–H and O–H groups in total. The van der Waals surface area contributed by atoms with Gasteiger partial charge in [-0.25, -0.2) is 0 Å². The molecule has 0 amide bonds. The number of phenols is 2. The van der Waals surface area contributed by atoms with E-state index < -0.39 is 0 Å². The quantitative estimate of drug-likeness (QED) is 0.639. The van der Waals surface area contributed by atoms with Crippen LogP contribution in [0.5, 0.6) is 23.0 Å². The number of aromatic hydroxyl groups is 2. The molecule has 0 radical (unpaired) electrons. The Balaban J connectivity index is 2.39. The lowest BCUT2D eigenvalue weighted by Crippen LogP contribution is -2.03. The van der Waals surface area contributed by atoms with Crippen molar-refractivity contribution in [2.45, 2.75) is 4.90 Å². The lowest BCUT2D eigenvalue weighted by molar-refractivity contribution is 0.124. The third-order valence-electron chi connectivity index (χ3n) is 2.80. The van der Waals surface area contributed by atoms with Gasteiger partial charge in [0.15, 0.2) is 0 Å². The molecule has 92 valence electrons. The van der Waals surface area contributed by atoms with E-state index in [9.17, 15) is 10.2 Å². The van der Waals surface area contributed by atoms with Crippen LogP contribution in [0.3, 0.4) is 0 Å². The van der Waals surface area contributed by atoms with Gasteiger partial charge in [0, 0.05) is 4.90 Å². The SMILES string of the molecule is Oc1cccc2c1-c1c(ccc(S)c1O)OCO2. The van der Waals surface area contributed by atoms with Crippen LogP contribution in [-0.2, 0) is 0 Å². The number of phenolic OH excluding ortho intramolecular Hbond substituents is 2. The first-order valence-corrected chi connectivity index (χ1v) is 5.76. The number of benzene rings is 2. The monoisotopic (exact) mass is 262 g/mol. The normalized spacial score (nSPS) is 12.7. The molecule has 2 aromatic rings. The molecule has 0 atom stereocenters. The second-order valence-electron chi connectivity index (χ2n) is 3.86. The molecule has 1 heterocycles. The van der Waals surface area contributed by atoms with E-state index in [0.717, 1.165) is 0 Å². The Bertz CT molecular complexity index is 625. The van der Waals surface area contributed by atoms with E-state index >= 15 is 0 Å². The minimum absolute atomic E-state index is 0.0217. The predicted molar refractivity (Wildman–Crippen MR) is 68.6 cm³/mol. The number of thiol groups is 1. The summed E-state index contributed by atoms with van der Waals surface area (Å²) >= 11 is 4.16. The number of ether oxygens (including phenoxy) is 2. The van der Waals surface area contributed by atoms with Crippen LogP contribution in [0.1, 0.15) is 0 Å². The summed E-state index contributed by atoms with van der Waals surface area (Å²) < 4.78 is 10.8. The molecule has 4 nitrogen and oxygen atoms in total. The number of rotatable bonds is 0. The van der Waals surface area contributed by atoms with Crippen LogP contribution in [0.4, 0.5) is 0 Å². The van der Waals surface area contributed by atoms with E-state index in [1.807, 2.05) is 0 Å². The van der Waals surface area contributed by atoms with Crippen LogP contribution < -0.4 is 9.47 Å². The summed E-state index contributed by atoms with van der Waals surface area (Å²) in [6.07, 6.45) is 0. The summed E-state index contributed by atoms with van der Waals surface area (Å²) in [4.78, 5) is 0.411. The molecular weight excluding hydrogens is 252 g/mol. The maximum absolute atomic E-state index is 10.1. The van der Waals surface area contributed by atoms with Gasteiger partial charge in [-0.1, -0.05) is 6.07 Å². The summed E-state index contributed by atoms with van der Waals surface area (Å²) in [6.45, 7) is 0.0226. The third kappa shape index (κ3) is 1.55. The van der Waals surface area contributed by atoms with Crippen LogP contribution in [0, 0.1) is 0 Å². The van der Waals surface area contributed by atoms with Crippen LogP contribution in [0.15, 0.2) is 35.2 Å². The fraction of sp³-hybridized carbons (Fsp3) is 0.0769. The summed E-state index contributed by atoms with van der Waals surface area (Å²) in [6, 6.07) is 8.21. The van der Waals surface area contributed by atoms with Crippen LogP contribution in [0.25, 0.3) is 11.1 Å². The first kappa shape index (κ1) is 11.1. The van der Waals surface area contributed by atoms with Crippen molar-refractivity contribution in [3.05, 3.63) is 30.3 Å². The Morgan fingerprint density at radius 1 is 0.944 bits per heavy atom. The molecule has 0 fully saturated rings. The molecule has 1 aliphatic heterocycles. The standard InChI is InChI=1S/C13H10O4S/c14-7-2-1-3-8-11(7)12-9(17-6-16-8)4-5-10(18)13(12)15/h1-5,14-15,18H,6H2. The van der Waals surface area contributed by atoms with Crippen LogP contribution >= 0.6 is 12.6 Å². The predicted octanol–water partition coefficient (Wildman–Crippen LogP) is 2.78. The topological polar surface area (TPSA) is 58.9 Å². The molecule has 3 rings (SSSR count). The van der Waals surface area contributed by atoms with Crippen molar-refractivity contribution in [1.29, 1.82) is 0 Å². The van der Waals surface area contributed by atoms with E-state index in [-0.39, 0.29) is 18.3 Å². The zero-order valence-corrected chi connectivity index (χ0v) is 10.1. The molecule has 0 aliphatic carbocycles. The van der Waals surface area contributed by atoms with Gasteiger partial charge in [0.1, 0.15) is 23.0 Å². The fourth-order valence-corrected chi connectivity index (χ4v) is 2.16. The van der Waals surface area contributed by atoms with Crippen LogP contribution in [-0.4, -0.2) is 17.0 Å². The van der Waals surface area contributed by atoms with E-state index in [0.29, 0.717) is 27.5 Å². The molecule has 1 aliphatic rings. The summed E-state index contributed by atoms with van der Waals surface area (Å²) in [5.74, 6) is 0.895. The van der Waals surface area contributed by atoms with Gasteiger partial charge in [-0.15, -0.1) is 12.6 Å². The van der Waals surface area contributed by atoms with Crippen molar-refractivity contribution in [2.24, 2.45) is 0 Å². The van der Waals surface area contributed by atoms with Gasteiger partial charge in [0.2, 0.25) is 6.79 Å². The van der Waals surface area contributed by atoms with E-state index in [1.54, 1.807) is 24.3 Å². The fourth-order valence-electron chi connectivity index (χ4n) is 1.97. The molecule has 0 saturated heterocycles. The van der Waals surface area contributed by atoms with Crippen molar-refractivity contribution in [3.63, 3.8) is 0 Å². The Kier molecular flexibility index (Phi) is 2.48. The van der Waals surface area contributed by atoms with E-state index in [4.69, 9.17) is 9.47 Å². The molecule has 0 unspecified atom stereocenters. The number of hydrogen-bond donors (Lipinski definition) is 3. The van der Waals surface area contributed by atoms with Crippen molar-refractivity contribution in [2.75, 3.05) is 6.79 Å². The van der Waals surface area contributed by atoms with Crippen LogP contribution in [0.2, 0.25) is 0 Å². The summed E-state index contributed by atoms with van der Waals surface area (Å²) in [5.41, 5.74) is 0.812. The molecular formula is C13H10O4S. The molecule has 0 bridgehead atoms. The van der Waals surface area contributed by atoms with Gasteiger partial charge in [0.05, 0.1) is 11.1 Å².